The zero-order valence-electron chi connectivity index (χ0n) is 12.7. The summed E-state index contributed by atoms with van der Waals surface area (Å²) in [6.45, 7) is 10.3. The predicted octanol–water partition coefficient (Wildman–Crippen LogP) is 2.84. The molecular formula is C16H20BNO2. The molecule has 1 aliphatic heterocycles. The molecule has 0 amide bonds. The van der Waals surface area contributed by atoms with Gasteiger partial charge in [0, 0.05) is 11.9 Å². The van der Waals surface area contributed by atoms with E-state index in [4.69, 9.17) is 9.31 Å². The molecule has 104 valence electrons. The number of aromatic nitrogens is 1. The van der Waals surface area contributed by atoms with Crippen molar-refractivity contribution >= 4 is 23.4 Å². The first-order chi connectivity index (χ1) is 9.30. The van der Waals surface area contributed by atoms with Crippen molar-refractivity contribution in [2.45, 2.75) is 45.8 Å². The van der Waals surface area contributed by atoms with E-state index in [-0.39, 0.29) is 18.3 Å². The van der Waals surface area contributed by atoms with Crippen LogP contribution in [0.25, 0.3) is 10.8 Å². The second kappa shape index (κ2) is 4.30. The summed E-state index contributed by atoms with van der Waals surface area (Å²) >= 11 is 0. The summed E-state index contributed by atoms with van der Waals surface area (Å²) in [5.74, 6) is 0. The number of hydrogen-bond donors (Lipinski definition) is 0. The Kier molecular flexibility index (Phi) is 2.92. The van der Waals surface area contributed by atoms with Crippen LogP contribution in [0.3, 0.4) is 0 Å². The molecule has 1 aromatic heterocycles. The lowest BCUT2D eigenvalue weighted by molar-refractivity contribution is 0.00578. The van der Waals surface area contributed by atoms with Crippen LogP contribution in [-0.4, -0.2) is 23.3 Å². The molecule has 20 heavy (non-hydrogen) atoms. The zero-order chi connectivity index (χ0) is 14.5. The topological polar surface area (TPSA) is 31.4 Å². The summed E-state index contributed by atoms with van der Waals surface area (Å²) in [5.41, 5.74) is 1.44. The Morgan fingerprint density at radius 3 is 2.35 bits per heavy atom. The molecule has 2 aromatic rings. The normalized spacial score (nSPS) is 20.6. The number of nitrogens with zero attached hydrogens (tertiary/aromatic N) is 1. The fraction of sp³-hybridized carbons (Fsp3) is 0.438. The SMILES string of the molecule is Cc1cc2c(B3OC(C)(C)C(C)(C)O3)cccc2cn1. The smallest absolute Gasteiger partial charge is 0.399 e. The van der Waals surface area contributed by atoms with E-state index in [0.717, 1.165) is 21.9 Å². The lowest BCUT2D eigenvalue weighted by Gasteiger charge is -2.32. The molecule has 1 saturated heterocycles. The van der Waals surface area contributed by atoms with Crippen LogP contribution in [0.4, 0.5) is 0 Å². The molecule has 1 aromatic carbocycles. The summed E-state index contributed by atoms with van der Waals surface area (Å²) in [5, 5.41) is 2.27. The van der Waals surface area contributed by atoms with Crippen molar-refractivity contribution in [3.8, 4) is 0 Å². The van der Waals surface area contributed by atoms with Crippen LogP contribution in [-0.2, 0) is 9.31 Å². The minimum Gasteiger partial charge on any atom is -0.399 e. The van der Waals surface area contributed by atoms with Crippen LogP contribution < -0.4 is 5.46 Å². The van der Waals surface area contributed by atoms with Crippen LogP contribution >= 0.6 is 0 Å². The van der Waals surface area contributed by atoms with E-state index in [1.54, 1.807) is 0 Å². The van der Waals surface area contributed by atoms with Crippen molar-refractivity contribution < 1.29 is 9.31 Å². The van der Waals surface area contributed by atoms with Crippen LogP contribution in [0.2, 0.25) is 0 Å². The van der Waals surface area contributed by atoms with E-state index in [9.17, 15) is 0 Å². The Hall–Kier alpha value is -1.39. The highest BCUT2D eigenvalue weighted by Crippen LogP contribution is 2.36. The molecule has 1 aliphatic rings. The molecule has 0 spiro atoms. The van der Waals surface area contributed by atoms with Gasteiger partial charge in [-0.25, -0.2) is 0 Å². The largest absolute Gasteiger partial charge is 0.495 e. The second-order valence-electron chi connectivity index (χ2n) is 6.48. The highest BCUT2D eigenvalue weighted by molar-refractivity contribution is 6.65. The first kappa shape index (κ1) is 13.6. The van der Waals surface area contributed by atoms with Gasteiger partial charge in [0.05, 0.1) is 11.2 Å². The Bertz CT molecular complexity index is 651. The number of benzene rings is 1. The van der Waals surface area contributed by atoms with Crippen molar-refractivity contribution in [2.75, 3.05) is 0 Å². The maximum Gasteiger partial charge on any atom is 0.495 e. The molecule has 2 heterocycles. The number of rotatable bonds is 1. The number of hydrogen-bond acceptors (Lipinski definition) is 3. The number of pyridine rings is 1. The van der Waals surface area contributed by atoms with Gasteiger partial charge in [0.25, 0.3) is 0 Å². The summed E-state index contributed by atoms with van der Waals surface area (Å²) < 4.78 is 12.3. The number of fused-ring (bicyclic) bond motifs is 1. The number of aryl methyl sites for hydroxylation is 1. The van der Waals surface area contributed by atoms with Gasteiger partial charge in [-0.15, -0.1) is 0 Å². The zero-order valence-corrected chi connectivity index (χ0v) is 12.7. The van der Waals surface area contributed by atoms with Crippen molar-refractivity contribution in [2.24, 2.45) is 0 Å². The molecule has 0 atom stereocenters. The van der Waals surface area contributed by atoms with E-state index in [1.165, 1.54) is 0 Å². The highest BCUT2D eigenvalue weighted by Gasteiger charge is 2.52. The van der Waals surface area contributed by atoms with E-state index < -0.39 is 0 Å². The van der Waals surface area contributed by atoms with E-state index >= 15 is 0 Å². The molecule has 4 heteroatoms. The average molecular weight is 269 g/mol. The Morgan fingerprint density at radius 2 is 1.70 bits per heavy atom. The predicted molar refractivity (Wildman–Crippen MR) is 82.2 cm³/mol. The molecule has 0 unspecified atom stereocenters. The van der Waals surface area contributed by atoms with Gasteiger partial charge < -0.3 is 9.31 Å². The minimum absolute atomic E-state index is 0.318. The molecule has 0 N–H and O–H groups in total. The third-order valence-corrected chi connectivity index (χ3v) is 4.44. The van der Waals surface area contributed by atoms with Gasteiger partial charge in [-0.05, 0) is 56.9 Å². The fourth-order valence-corrected chi connectivity index (χ4v) is 2.47. The summed E-state index contributed by atoms with van der Waals surface area (Å²) in [6.07, 6.45) is 1.90. The molecule has 0 radical (unpaired) electrons. The van der Waals surface area contributed by atoms with E-state index in [2.05, 4.69) is 50.9 Å². The first-order valence-corrected chi connectivity index (χ1v) is 7.01. The molecule has 0 bridgehead atoms. The molecule has 3 rings (SSSR count). The van der Waals surface area contributed by atoms with E-state index in [0.29, 0.717) is 0 Å². The third kappa shape index (κ3) is 2.04. The monoisotopic (exact) mass is 269 g/mol. The third-order valence-electron chi connectivity index (χ3n) is 4.44. The Morgan fingerprint density at radius 1 is 1.05 bits per heavy atom. The summed E-state index contributed by atoms with van der Waals surface area (Å²) in [7, 11) is -0.328. The molecule has 0 saturated carbocycles. The minimum atomic E-state index is -0.328. The van der Waals surface area contributed by atoms with Gasteiger partial charge in [0.15, 0.2) is 0 Å². The molecular weight excluding hydrogens is 249 g/mol. The van der Waals surface area contributed by atoms with Gasteiger partial charge in [-0.1, -0.05) is 18.2 Å². The van der Waals surface area contributed by atoms with Gasteiger partial charge in [-0.2, -0.15) is 0 Å². The van der Waals surface area contributed by atoms with Crippen LogP contribution in [0, 0.1) is 6.92 Å². The molecule has 0 aliphatic carbocycles. The first-order valence-electron chi connectivity index (χ1n) is 7.01. The van der Waals surface area contributed by atoms with Crippen molar-refractivity contribution in [1.82, 2.24) is 4.98 Å². The molecule has 1 fully saturated rings. The highest BCUT2D eigenvalue weighted by atomic mass is 16.7. The average Bonchev–Trinajstić information content (AvgIpc) is 2.57. The maximum absolute atomic E-state index is 6.16. The quantitative estimate of drug-likeness (QED) is 0.746. The summed E-state index contributed by atoms with van der Waals surface area (Å²) in [4.78, 5) is 4.35. The second-order valence-corrected chi connectivity index (χ2v) is 6.48. The van der Waals surface area contributed by atoms with Crippen LogP contribution in [0.5, 0.6) is 0 Å². The van der Waals surface area contributed by atoms with Gasteiger partial charge in [0.1, 0.15) is 0 Å². The molecule has 3 nitrogen and oxygen atoms in total. The lowest BCUT2D eigenvalue weighted by Crippen LogP contribution is -2.41. The van der Waals surface area contributed by atoms with Gasteiger partial charge in [0.2, 0.25) is 0 Å². The standard InChI is InChI=1S/C16H20BNO2/c1-11-9-13-12(10-18-11)7-6-8-14(13)17-19-15(2,3)16(4,5)20-17/h6-10H,1-5H3. The fourth-order valence-electron chi connectivity index (χ4n) is 2.47. The van der Waals surface area contributed by atoms with Gasteiger partial charge in [-0.3, -0.25) is 4.98 Å². The van der Waals surface area contributed by atoms with Crippen molar-refractivity contribution in [3.63, 3.8) is 0 Å². The van der Waals surface area contributed by atoms with Crippen molar-refractivity contribution in [3.05, 3.63) is 36.2 Å². The van der Waals surface area contributed by atoms with E-state index in [1.807, 2.05) is 19.2 Å². The van der Waals surface area contributed by atoms with Crippen LogP contribution in [0.15, 0.2) is 30.5 Å². The lowest BCUT2D eigenvalue weighted by atomic mass is 9.76. The van der Waals surface area contributed by atoms with Crippen LogP contribution in [0.1, 0.15) is 33.4 Å². The van der Waals surface area contributed by atoms with Gasteiger partial charge >= 0.3 is 7.12 Å². The Labute approximate surface area is 120 Å². The Balaban J connectivity index is 2.10. The maximum atomic E-state index is 6.16. The van der Waals surface area contributed by atoms with Crippen molar-refractivity contribution in [1.29, 1.82) is 0 Å². The summed E-state index contributed by atoms with van der Waals surface area (Å²) in [6, 6.07) is 8.26.